The number of rotatable bonds is 3. The molecule has 0 aliphatic carbocycles. The van der Waals surface area contributed by atoms with Gasteiger partial charge in [-0.25, -0.2) is 0 Å². The number of alkyl halides is 1. The van der Waals surface area contributed by atoms with Crippen LogP contribution in [0.4, 0.5) is 0 Å². The number of hydrogen-bond donors (Lipinski definition) is 0. The number of benzene rings is 2. The van der Waals surface area contributed by atoms with Gasteiger partial charge < -0.3 is 4.74 Å². The van der Waals surface area contributed by atoms with Crippen molar-refractivity contribution < 1.29 is 4.74 Å². The Labute approximate surface area is 144 Å². The zero-order valence-electron chi connectivity index (χ0n) is 9.96. The van der Waals surface area contributed by atoms with Crippen LogP contribution in [-0.2, 0) is 0 Å². The van der Waals surface area contributed by atoms with Crippen LogP contribution in [0.25, 0.3) is 0 Å². The first-order valence-corrected chi connectivity index (χ1v) is 8.21. The zero-order valence-corrected chi connectivity index (χ0v) is 15.2. The molecule has 0 N–H and O–H groups in total. The molecule has 0 aliphatic rings. The molecule has 0 aromatic heterocycles. The maximum absolute atomic E-state index is 6.31. The van der Waals surface area contributed by atoms with Crippen LogP contribution in [0, 0.1) is 3.57 Å². The van der Waals surface area contributed by atoms with Gasteiger partial charge in [0.15, 0.2) is 0 Å². The van der Waals surface area contributed by atoms with Crippen LogP contribution in [0.2, 0.25) is 10.0 Å². The molecule has 1 nitrogen and oxygen atoms in total. The lowest BCUT2D eigenvalue weighted by atomic mass is 10.0. The summed E-state index contributed by atoms with van der Waals surface area (Å²) >= 11 is 18.5. The second-order valence-corrected chi connectivity index (χ2v) is 6.78. The summed E-state index contributed by atoms with van der Waals surface area (Å²) in [5.41, 5.74) is 2.09. The first-order valence-electron chi connectivity index (χ1n) is 5.46. The molecule has 2 aromatic rings. The lowest BCUT2D eigenvalue weighted by Gasteiger charge is -2.16. The second kappa shape index (κ2) is 6.66. The van der Waals surface area contributed by atoms with Gasteiger partial charge in [0.25, 0.3) is 0 Å². The third-order valence-electron chi connectivity index (χ3n) is 2.72. The van der Waals surface area contributed by atoms with Crippen LogP contribution in [0.5, 0.6) is 5.75 Å². The minimum Gasteiger partial charge on any atom is -0.495 e. The zero-order chi connectivity index (χ0) is 14.0. The van der Waals surface area contributed by atoms with Crippen molar-refractivity contribution in [2.45, 2.75) is 4.83 Å². The average molecular weight is 472 g/mol. The predicted octanol–water partition coefficient (Wildman–Crippen LogP) is 6.09. The summed E-state index contributed by atoms with van der Waals surface area (Å²) in [4.78, 5) is -0.00324. The van der Waals surface area contributed by atoms with Gasteiger partial charge in [-0.1, -0.05) is 57.3 Å². The van der Waals surface area contributed by atoms with Gasteiger partial charge in [-0.2, -0.15) is 0 Å². The van der Waals surface area contributed by atoms with E-state index in [1.165, 1.54) is 3.57 Å². The highest BCUT2D eigenvalue weighted by molar-refractivity contribution is 14.1. The highest BCUT2D eigenvalue weighted by Gasteiger charge is 2.18. The van der Waals surface area contributed by atoms with Gasteiger partial charge in [-0.3, -0.25) is 0 Å². The Bertz CT molecular complexity index is 604. The standard InChI is InChI=1S/C14H10BrCl2IO/c1-19-13-7-10(16)9(6-11(13)17)14(15)8-4-2-3-5-12(8)18/h2-7,14H,1H3. The summed E-state index contributed by atoms with van der Waals surface area (Å²) in [6, 6.07) is 11.7. The van der Waals surface area contributed by atoms with Crippen molar-refractivity contribution in [3.05, 3.63) is 61.1 Å². The van der Waals surface area contributed by atoms with Gasteiger partial charge in [0.1, 0.15) is 5.75 Å². The van der Waals surface area contributed by atoms with Crippen LogP contribution >= 0.6 is 61.7 Å². The fourth-order valence-corrected chi connectivity index (χ4v) is 4.29. The van der Waals surface area contributed by atoms with E-state index in [2.05, 4.69) is 50.7 Å². The average Bonchev–Trinajstić information content (AvgIpc) is 2.40. The summed E-state index contributed by atoms with van der Waals surface area (Å²) in [6.45, 7) is 0. The van der Waals surface area contributed by atoms with E-state index in [-0.39, 0.29) is 4.83 Å². The molecule has 0 amide bonds. The maximum atomic E-state index is 6.31. The Morgan fingerprint density at radius 3 is 2.42 bits per heavy atom. The lowest BCUT2D eigenvalue weighted by molar-refractivity contribution is 0.415. The Balaban J connectivity index is 2.48. The van der Waals surface area contributed by atoms with Crippen molar-refractivity contribution in [3.63, 3.8) is 0 Å². The molecule has 19 heavy (non-hydrogen) atoms. The molecule has 2 aromatic carbocycles. The van der Waals surface area contributed by atoms with E-state index in [1.807, 2.05) is 18.2 Å². The molecule has 0 saturated carbocycles. The molecule has 100 valence electrons. The van der Waals surface area contributed by atoms with Gasteiger partial charge in [-0.05, 0) is 45.9 Å². The van der Waals surface area contributed by atoms with E-state index in [0.29, 0.717) is 15.8 Å². The van der Waals surface area contributed by atoms with E-state index >= 15 is 0 Å². The van der Waals surface area contributed by atoms with Crippen LogP contribution in [0.15, 0.2) is 36.4 Å². The molecule has 0 radical (unpaired) electrons. The van der Waals surface area contributed by atoms with Crippen LogP contribution in [-0.4, -0.2) is 7.11 Å². The first kappa shape index (κ1) is 15.4. The molecule has 0 fully saturated rings. The molecule has 1 unspecified atom stereocenters. The predicted molar refractivity (Wildman–Crippen MR) is 92.9 cm³/mol. The van der Waals surface area contributed by atoms with Crippen molar-refractivity contribution in [2.24, 2.45) is 0 Å². The van der Waals surface area contributed by atoms with Gasteiger partial charge >= 0.3 is 0 Å². The Morgan fingerprint density at radius 1 is 1.11 bits per heavy atom. The second-order valence-electron chi connectivity index (χ2n) is 3.89. The lowest BCUT2D eigenvalue weighted by Crippen LogP contribution is -1.97. The van der Waals surface area contributed by atoms with Crippen molar-refractivity contribution >= 4 is 61.7 Å². The molecular weight excluding hydrogens is 462 g/mol. The van der Waals surface area contributed by atoms with Crippen molar-refractivity contribution in [2.75, 3.05) is 7.11 Å². The summed E-state index contributed by atoms with van der Waals surface area (Å²) in [5.74, 6) is 0.581. The molecule has 0 bridgehead atoms. The van der Waals surface area contributed by atoms with Crippen molar-refractivity contribution in [3.8, 4) is 5.75 Å². The first-order chi connectivity index (χ1) is 9.04. The number of halogens is 4. The van der Waals surface area contributed by atoms with Crippen LogP contribution in [0.1, 0.15) is 16.0 Å². The van der Waals surface area contributed by atoms with E-state index in [9.17, 15) is 0 Å². The highest BCUT2D eigenvalue weighted by atomic mass is 127. The SMILES string of the molecule is COc1cc(Cl)c(C(Br)c2ccccc2I)cc1Cl. The minimum atomic E-state index is -0.00324. The summed E-state index contributed by atoms with van der Waals surface area (Å²) in [7, 11) is 1.57. The molecule has 0 spiro atoms. The Morgan fingerprint density at radius 2 is 1.79 bits per heavy atom. The van der Waals surface area contributed by atoms with Gasteiger partial charge in [0.05, 0.1) is 17.0 Å². The molecule has 5 heteroatoms. The largest absolute Gasteiger partial charge is 0.495 e. The quantitative estimate of drug-likeness (QED) is 0.389. The normalized spacial score (nSPS) is 12.3. The third kappa shape index (κ3) is 3.38. The number of hydrogen-bond acceptors (Lipinski definition) is 1. The van der Waals surface area contributed by atoms with Crippen molar-refractivity contribution in [1.82, 2.24) is 0 Å². The third-order valence-corrected chi connectivity index (χ3v) is 5.31. The fourth-order valence-electron chi connectivity index (χ4n) is 1.74. The smallest absolute Gasteiger partial charge is 0.138 e. The van der Waals surface area contributed by atoms with E-state index < -0.39 is 0 Å². The van der Waals surface area contributed by atoms with E-state index in [0.717, 1.165) is 11.1 Å². The minimum absolute atomic E-state index is 0.00324. The Kier molecular flexibility index (Phi) is 5.40. The summed E-state index contributed by atoms with van der Waals surface area (Å²) in [6.07, 6.45) is 0. The molecule has 0 heterocycles. The molecular formula is C14H10BrCl2IO. The van der Waals surface area contributed by atoms with Gasteiger partial charge in [0, 0.05) is 14.7 Å². The van der Waals surface area contributed by atoms with Gasteiger partial charge in [-0.15, -0.1) is 0 Å². The van der Waals surface area contributed by atoms with Crippen molar-refractivity contribution in [1.29, 1.82) is 0 Å². The van der Waals surface area contributed by atoms with Crippen LogP contribution < -0.4 is 4.74 Å². The van der Waals surface area contributed by atoms with E-state index in [1.54, 1.807) is 13.2 Å². The molecule has 0 saturated heterocycles. The Hall–Kier alpha value is 0.0300. The van der Waals surface area contributed by atoms with Crippen LogP contribution in [0.3, 0.4) is 0 Å². The molecule has 0 aliphatic heterocycles. The monoisotopic (exact) mass is 470 g/mol. The van der Waals surface area contributed by atoms with Gasteiger partial charge in [0.2, 0.25) is 0 Å². The number of ether oxygens (including phenoxy) is 1. The topological polar surface area (TPSA) is 9.23 Å². The van der Waals surface area contributed by atoms with E-state index in [4.69, 9.17) is 27.9 Å². The fraction of sp³-hybridized carbons (Fsp3) is 0.143. The molecule has 2 rings (SSSR count). The summed E-state index contributed by atoms with van der Waals surface area (Å²) < 4.78 is 6.33. The number of methoxy groups -OCH3 is 1. The molecule has 1 atom stereocenters. The summed E-state index contributed by atoms with van der Waals surface area (Å²) in [5, 5.41) is 1.18. The maximum Gasteiger partial charge on any atom is 0.138 e. The highest BCUT2D eigenvalue weighted by Crippen LogP contribution is 2.41.